The molecule has 0 amide bonds. The number of likely N-dealkylation sites (N-methyl/N-ethyl adjacent to an activating group) is 1. The van der Waals surface area contributed by atoms with Crippen LogP contribution in [0, 0.1) is 3.57 Å². The third-order valence-electron chi connectivity index (χ3n) is 3.27. The zero-order chi connectivity index (χ0) is 13.7. The fourth-order valence-electron chi connectivity index (χ4n) is 2.24. The first-order valence-electron chi connectivity index (χ1n) is 6.67. The third-order valence-corrected chi connectivity index (χ3v) is 3.99. The van der Waals surface area contributed by atoms with E-state index < -0.39 is 0 Å². The van der Waals surface area contributed by atoms with Crippen LogP contribution in [-0.2, 0) is 13.0 Å². The summed E-state index contributed by atoms with van der Waals surface area (Å²) in [6, 6.07) is 9.00. The summed E-state index contributed by atoms with van der Waals surface area (Å²) in [5.74, 6) is 1.15. The number of hydrogen-bond acceptors (Lipinski definition) is 2. The highest BCUT2D eigenvalue weighted by atomic mass is 127. The molecule has 0 spiro atoms. The first-order valence-corrected chi connectivity index (χ1v) is 7.75. The fraction of sp³-hybridized carbons (Fsp3) is 0.400. The molecular weight excluding hydrogens is 349 g/mol. The van der Waals surface area contributed by atoms with Crippen molar-refractivity contribution in [3.05, 3.63) is 51.6 Å². The quantitative estimate of drug-likeness (QED) is 0.791. The second-order valence-corrected chi connectivity index (χ2v) is 5.88. The van der Waals surface area contributed by atoms with Gasteiger partial charge in [-0.05, 0) is 53.8 Å². The van der Waals surface area contributed by atoms with E-state index >= 15 is 0 Å². The van der Waals surface area contributed by atoms with Gasteiger partial charge in [-0.2, -0.15) is 0 Å². The number of aryl methyl sites for hydroxylation is 1. The molecule has 102 valence electrons. The lowest BCUT2D eigenvalue weighted by Crippen LogP contribution is -2.20. The van der Waals surface area contributed by atoms with Gasteiger partial charge in [-0.3, -0.25) is 0 Å². The van der Waals surface area contributed by atoms with Crippen LogP contribution in [0.25, 0.3) is 0 Å². The lowest BCUT2D eigenvalue weighted by molar-refractivity contribution is 0.543. The van der Waals surface area contributed by atoms with Gasteiger partial charge in [0.05, 0.1) is 0 Å². The average molecular weight is 369 g/mol. The van der Waals surface area contributed by atoms with Crippen molar-refractivity contribution in [3.8, 4) is 0 Å². The summed E-state index contributed by atoms with van der Waals surface area (Å²) in [7, 11) is 2.01. The number of benzene rings is 1. The topological polar surface area (TPSA) is 29.9 Å². The molecule has 0 aliphatic carbocycles. The molecule has 2 aromatic rings. The molecule has 0 bridgehead atoms. The van der Waals surface area contributed by atoms with Gasteiger partial charge in [0, 0.05) is 35.0 Å². The van der Waals surface area contributed by atoms with E-state index in [2.05, 4.69) is 74.8 Å². The molecule has 0 aliphatic rings. The summed E-state index contributed by atoms with van der Waals surface area (Å²) in [4.78, 5) is 4.49. The minimum Gasteiger partial charge on any atom is -0.335 e. The van der Waals surface area contributed by atoms with Gasteiger partial charge in [-0.15, -0.1) is 0 Å². The average Bonchev–Trinajstić information content (AvgIpc) is 2.85. The lowest BCUT2D eigenvalue weighted by atomic mass is 10.0. The molecule has 0 saturated heterocycles. The van der Waals surface area contributed by atoms with Gasteiger partial charge < -0.3 is 9.88 Å². The Hall–Kier alpha value is -0.880. The molecule has 1 N–H and O–H groups in total. The van der Waals surface area contributed by atoms with Gasteiger partial charge in [0.15, 0.2) is 0 Å². The number of hydrogen-bond donors (Lipinski definition) is 1. The van der Waals surface area contributed by atoms with Gasteiger partial charge in [0.25, 0.3) is 0 Å². The van der Waals surface area contributed by atoms with E-state index in [-0.39, 0.29) is 0 Å². The number of halogens is 1. The van der Waals surface area contributed by atoms with E-state index in [4.69, 9.17) is 0 Å². The van der Waals surface area contributed by atoms with Crippen LogP contribution in [0.4, 0.5) is 0 Å². The standard InChI is InChI=1S/C15H20IN3/c1-3-9-19-10-8-18-15(19)11-14(17-2)12-4-6-13(16)7-5-12/h4-8,10,14,17H,3,9,11H2,1-2H3. The zero-order valence-corrected chi connectivity index (χ0v) is 13.6. The highest BCUT2D eigenvalue weighted by molar-refractivity contribution is 14.1. The molecule has 3 nitrogen and oxygen atoms in total. The summed E-state index contributed by atoms with van der Waals surface area (Å²) in [6.45, 7) is 3.23. The maximum Gasteiger partial charge on any atom is 0.110 e. The van der Waals surface area contributed by atoms with E-state index in [1.807, 2.05) is 13.2 Å². The minimum atomic E-state index is 0.315. The molecule has 4 heteroatoms. The Kier molecular flexibility index (Phi) is 5.39. The van der Waals surface area contributed by atoms with Gasteiger partial charge in [0.1, 0.15) is 5.82 Å². The zero-order valence-electron chi connectivity index (χ0n) is 11.4. The molecule has 0 fully saturated rings. The third kappa shape index (κ3) is 3.79. The second-order valence-electron chi connectivity index (χ2n) is 4.63. The van der Waals surface area contributed by atoms with E-state index in [9.17, 15) is 0 Å². The number of rotatable bonds is 6. The van der Waals surface area contributed by atoms with Gasteiger partial charge in [0.2, 0.25) is 0 Å². The molecule has 1 atom stereocenters. The molecule has 1 unspecified atom stereocenters. The Morgan fingerprint density at radius 1 is 1.32 bits per heavy atom. The molecule has 19 heavy (non-hydrogen) atoms. The monoisotopic (exact) mass is 369 g/mol. The van der Waals surface area contributed by atoms with Crippen LogP contribution in [0.2, 0.25) is 0 Å². The van der Waals surface area contributed by atoms with Crippen molar-refractivity contribution in [1.82, 2.24) is 14.9 Å². The van der Waals surface area contributed by atoms with Gasteiger partial charge in [-0.25, -0.2) is 4.98 Å². The molecular formula is C15H20IN3. The van der Waals surface area contributed by atoms with Crippen LogP contribution in [0.5, 0.6) is 0 Å². The van der Waals surface area contributed by atoms with Crippen molar-refractivity contribution in [2.75, 3.05) is 7.05 Å². The molecule has 0 aliphatic heterocycles. The lowest BCUT2D eigenvalue weighted by Gasteiger charge is -2.17. The fourth-order valence-corrected chi connectivity index (χ4v) is 2.60. The summed E-state index contributed by atoms with van der Waals surface area (Å²) in [6.07, 6.45) is 6.02. The van der Waals surface area contributed by atoms with Gasteiger partial charge >= 0.3 is 0 Å². The normalized spacial score (nSPS) is 12.6. The van der Waals surface area contributed by atoms with Crippen LogP contribution in [0.1, 0.15) is 30.8 Å². The van der Waals surface area contributed by atoms with Crippen LogP contribution in [-0.4, -0.2) is 16.6 Å². The highest BCUT2D eigenvalue weighted by Crippen LogP contribution is 2.19. The van der Waals surface area contributed by atoms with E-state index in [0.29, 0.717) is 6.04 Å². The molecule has 1 aromatic carbocycles. The van der Waals surface area contributed by atoms with Crippen LogP contribution in [0.15, 0.2) is 36.7 Å². The summed E-state index contributed by atoms with van der Waals surface area (Å²) < 4.78 is 3.51. The van der Waals surface area contributed by atoms with Crippen molar-refractivity contribution in [1.29, 1.82) is 0 Å². The largest absolute Gasteiger partial charge is 0.335 e. The van der Waals surface area contributed by atoms with Crippen molar-refractivity contribution in [3.63, 3.8) is 0 Å². The first kappa shape index (κ1) is 14.5. The summed E-state index contributed by atoms with van der Waals surface area (Å²) >= 11 is 2.33. The summed E-state index contributed by atoms with van der Waals surface area (Å²) in [5, 5.41) is 3.39. The van der Waals surface area contributed by atoms with Crippen LogP contribution >= 0.6 is 22.6 Å². The maximum absolute atomic E-state index is 4.49. The highest BCUT2D eigenvalue weighted by Gasteiger charge is 2.13. The Balaban J connectivity index is 2.14. The number of nitrogens with zero attached hydrogens (tertiary/aromatic N) is 2. The molecule has 0 radical (unpaired) electrons. The number of aromatic nitrogens is 2. The Morgan fingerprint density at radius 2 is 2.05 bits per heavy atom. The molecule has 2 rings (SSSR count). The minimum absolute atomic E-state index is 0.315. The summed E-state index contributed by atoms with van der Waals surface area (Å²) in [5.41, 5.74) is 1.31. The Labute approximate surface area is 128 Å². The van der Waals surface area contributed by atoms with Crippen molar-refractivity contribution in [2.45, 2.75) is 32.4 Å². The van der Waals surface area contributed by atoms with Crippen LogP contribution < -0.4 is 5.32 Å². The maximum atomic E-state index is 4.49. The predicted molar refractivity (Wildman–Crippen MR) is 87.2 cm³/mol. The van der Waals surface area contributed by atoms with Crippen molar-refractivity contribution >= 4 is 22.6 Å². The number of imidazole rings is 1. The van der Waals surface area contributed by atoms with Gasteiger partial charge in [-0.1, -0.05) is 19.1 Å². The van der Waals surface area contributed by atoms with Crippen molar-refractivity contribution < 1.29 is 0 Å². The van der Waals surface area contributed by atoms with E-state index in [0.717, 1.165) is 25.2 Å². The predicted octanol–water partition coefficient (Wildman–Crippen LogP) is 3.40. The Morgan fingerprint density at radius 3 is 2.68 bits per heavy atom. The Bertz CT molecular complexity index is 504. The van der Waals surface area contributed by atoms with E-state index in [1.165, 1.54) is 9.13 Å². The molecule has 1 heterocycles. The smallest absolute Gasteiger partial charge is 0.110 e. The van der Waals surface area contributed by atoms with Crippen LogP contribution in [0.3, 0.4) is 0 Å². The number of nitrogens with one attached hydrogen (secondary N) is 1. The first-order chi connectivity index (χ1) is 9.24. The molecule has 1 aromatic heterocycles. The molecule has 0 saturated carbocycles. The SMILES string of the molecule is CCCn1ccnc1CC(NC)c1ccc(I)cc1. The van der Waals surface area contributed by atoms with E-state index in [1.54, 1.807) is 0 Å². The second kappa shape index (κ2) is 7.05. The van der Waals surface area contributed by atoms with Crippen molar-refractivity contribution in [2.24, 2.45) is 0 Å².